The molecule has 0 aliphatic carbocycles. The van der Waals surface area contributed by atoms with Crippen molar-refractivity contribution in [2.75, 3.05) is 17.2 Å². The fraction of sp³-hybridized carbons (Fsp3) is 0.276. The summed E-state index contributed by atoms with van der Waals surface area (Å²) in [6, 6.07) is 15.3. The average molecular weight is 567 g/mol. The molecule has 0 unspecified atom stereocenters. The Morgan fingerprint density at radius 2 is 1.74 bits per heavy atom. The van der Waals surface area contributed by atoms with Crippen LogP contribution in [-0.2, 0) is 20.5 Å². The molecule has 3 aromatic carbocycles. The molecule has 2 spiro atoms. The van der Waals surface area contributed by atoms with E-state index in [1.807, 2.05) is 31.2 Å². The minimum absolute atomic E-state index is 0.213. The molecule has 6 nitrogen and oxygen atoms in total. The predicted octanol–water partition coefficient (Wildman–Crippen LogP) is 5.97. The van der Waals surface area contributed by atoms with Crippen molar-refractivity contribution in [2.24, 2.45) is 5.92 Å². The monoisotopic (exact) mass is 565 g/mol. The minimum atomic E-state index is -1.55. The van der Waals surface area contributed by atoms with Crippen molar-refractivity contribution in [1.82, 2.24) is 4.90 Å². The maximum absolute atomic E-state index is 14.6. The molecule has 2 N–H and O–H groups in total. The highest BCUT2D eigenvalue weighted by Crippen LogP contribution is 2.68. The highest BCUT2D eigenvalue weighted by Gasteiger charge is 2.81. The summed E-state index contributed by atoms with van der Waals surface area (Å²) in [5.74, 6) is -1.87. The summed E-state index contributed by atoms with van der Waals surface area (Å²) in [7, 11) is 0. The van der Waals surface area contributed by atoms with Crippen molar-refractivity contribution in [3.05, 3.63) is 91.9 Å². The van der Waals surface area contributed by atoms with Crippen molar-refractivity contribution >= 4 is 63.8 Å². The van der Waals surface area contributed by atoms with E-state index in [1.54, 1.807) is 24.3 Å². The number of amides is 2. The van der Waals surface area contributed by atoms with Gasteiger partial charge in [-0.15, -0.1) is 0 Å². The maximum atomic E-state index is 14.6. The summed E-state index contributed by atoms with van der Waals surface area (Å²) >= 11 is 19.3. The van der Waals surface area contributed by atoms with E-state index in [1.165, 1.54) is 6.07 Å². The smallest absolute Gasteiger partial charge is 0.251 e. The zero-order valence-corrected chi connectivity index (χ0v) is 22.5. The highest BCUT2D eigenvalue weighted by atomic mass is 35.5. The number of Topliss-reactive ketones (excluding diaryl/α,β-unsaturated/α-hetero) is 1. The number of para-hydroxylation sites is 1. The zero-order valence-electron chi connectivity index (χ0n) is 20.3. The van der Waals surface area contributed by atoms with Gasteiger partial charge in [0.1, 0.15) is 11.0 Å². The van der Waals surface area contributed by atoms with Crippen LogP contribution in [0.1, 0.15) is 39.9 Å². The summed E-state index contributed by atoms with van der Waals surface area (Å²) in [4.78, 5) is 45.7. The number of hydrogen-bond acceptors (Lipinski definition) is 4. The number of carbonyl (C=O) groups is 3. The number of hydrogen-bond donors (Lipinski definition) is 2. The molecule has 7 rings (SSSR count). The minimum Gasteiger partial charge on any atom is -0.325 e. The highest BCUT2D eigenvalue weighted by molar-refractivity contribution is 6.37. The van der Waals surface area contributed by atoms with Crippen LogP contribution >= 0.6 is 34.8 Å². The number of halogens is 3. The first-order valence-electron chi connectivity index (χ1n) is 12.5. The number of ketones is 1. The lowest BCUT2D eigenvalue weighted by atomic mass is 9.57. The second kappa shape index (κ2) is 8.06. The molecule has 9 heteroatoms. The van der Waals surface area contributed by atoms with E-state index in [9.17, 15) is 14.4 Å². The van der Waals surface area contributed by atoms with Crippen LogP contribution in [0.3, 0.4) is 0 Å². The second-order valence-corrected chi connectivity index (χ2v) is 11.8. The van der Waals surface area contributed by atoms with Crippen LogP contribution in [0.5, 0.6) is 0 Å². The second-order valence-electron chi connectivity index (χ2n) is 10.5. The summed E-state index contributed by atoms with van der Waals surface area (Å²) < 4.78 is 0. The summed E-state index contributed by atoms with van der Waals surface area (Å²) in [5.41, 5.74) is 0.536. The molecule has 4 atom stereocenters. The summed E-state index contributed by atoms with van der Waals surface area (Å²) in [6.45, 7) is 2.43. The molecular formula is C29H22Cl3N3O3. The quantitative estimate of drug-likeness (QED) is 0.375. The van der Waals surface area contributed by atoms with E-state index in [4.69, 9.17) is 34.8 Å². The Balaban J connectivity index is 1.61. The number of fused-ring (bicyclic) bond motifs is 7. The molecule has 192 valence electrons. The van der Waals surface area contributed by atoms with Crippen molar-refractivity contribution in [1.29, 1.82) is 0 Å². The summed E-state index contributed by atoms with van der Waals surface area (Å²) in [6.07, 6.45) is 1.44. The number of nitrogens with zero attached hydrogens (tertiary/aromatic N) is 1. The van der Waals surface area contributed by atoms with Crippen LogP contribution in [0.4, 0.5) is 11.4 Å². The van der Waals surface area contributed by atoms with Gasteiger partial charge >= 0.3 is 0 Å². The number of aryl methyl sites for hydroxylation is 1. The van der Waals surface area contributed by atoms with E-state index in [-0.39, 0.29) is 34.2 Å². The van der Waals surface area contributed by atoms with Gasteiger partial charge in [0.25, 0.3) is 5.91 Å². The van der Waals surface area contributed by atoms with E-state index in [0.29, 0.717) is 45.5 Å². The van der Waals surface area contributed by atoms with Gasteiger partial charge in [-0.05, 0) is 73.8 Å². The van der Waals surface area contributed by atoms with Crippen LogP contribution in [0, 0.1) is 12.8 Å². The van der Waals surface area contributed by atoms with Crippen molar-refractivity contribution < 1.29 is 14.4 Å². The molecule has 4 heterocycles. The zero-order chi connectivity index (χ0) is 26.6. The van der Waals surface area contributed by atoms with E-state index < -0.39 is 16.9 Å². The Hall–Kier alpha value is -2.90. The lowest BCUT2D eigenvalue weighted by Crippen LogP contribution is -2.62. The normalized spacial score (nSPS) is 28.9. The van der Waals surface area contributed by atoms with Gasteiger partial charge in [-0.3, -0.25) is 19.3 Å². The van der Waals surface area contributed by atoms with Crippen molar-refractivity contribution in [2.45, 2.75) is 36.8 Å². The first kappa shape index (κ1) is 24.2. The fourth-order valence-corrected chi connectivity index (χ4v) is 8.44. The number of carbonyl (C=O) groups excluding carboxylic acids is 3. The topological polar surface area (TPSA) is 78.5 Å². The van der Waals surface area contributed by atoms with Gasteiger partial charge in [-0.25, -0.2) is 0 Å². The standard InChI is InChI=1S/C29H22Cl3N3O3/c1-14-11-16(31)12-19-24(14)34-27(38)29(19)28(18-5-2-3-6-21(18)33-26(28)37)23(22-7-4-10-35(22)29)25(36)17-9-8-15(30)13-20(17)32/h2-3,5-6,8-9,11-13,22-23H,4,7,10H2,1H3,(H,33,37)(H,34,38)/t22-,23+,28+,29-/m1/s1. The lowest BCUT2D eigenvalue weighted by molar-refractivity contribution is -0.137. The fourth-order valence-electron chi connectivity index (χ4n) is 7.67. The third-order valence-corrected chi connectivity index (χ3v) is 9.61. The van der Waals surface area contributed by atoms with Crippen LogP contribution < -0.4 is 10.6 Å². The van der Waals surface area contributed by atoms with Crippen molar-refractivity contribution in [3.63, 3.8) is 0 Å². The van der Waals surface area contributed by atoms with Crippen LogP contribution in [0.25, 0.3) is 0 Å². The lowest BCUT2D eigenvalue weighted by Gasteiger charge is -2.43. The Kier molecular flexibility index (Phi) is 5.12. The Labute approximate surface area is 234 Å². The SMILES string of the molecule is Cc1cc(Cl)cc2c1NC(=O)[C@]21N2CCC[C@@H]2[C@@H](C(=O)c2ccc(Cl)cc2Cl)[C@@]12C(=O)Nc1ccccc12. The van der Waals surface area contributed by atoms with Gasteiger partial charge in [0.15, 0.2) is 5.78 Å². The van der Waals surface area contributed by atoms with E-state index in [2.05, 4.69) is 15.5 Å². The molecule has 4 aliphatic heterocycles. The average Bonchev–Trinajstić information content (AvgIpc) is 3.58. The predicted molar refractivity (Wildman–Crippen MR) is 147 cm³/mol. The number of anilines is 2. The first-order valence-corrected chi connectivity index (χ1v) is 13.7. The van der Waals surface area contributed by atoms with Gasteiger partial charge in [0.2, 0.25) is 5.91 Å². The van der Waals surface area contributed by atoms with Crippen LogP contribution in [0.15, 0.2) is 54.6 Å². The molecule has 0 aromatic heterocycles. The summed E-state index contributed by atoms with van der Waals surface area (Å²) in [5, 5.41) is 7.19. The molecule has 0 radical (unpaired) electrons. The van der Waals surface area contributed by atoms with Gasteiger partial charge in [-0.2, -0.15) is 0 Å². The Bertz CT molecular complexity index is 1610. The third kappa shape index (κ3) is 2.71. The molecule has 4 aliphatic rings. The Morgan fingerprint density at radius 3 is 2.53 bits per heavy atom. The maximum Gasteiger partial charge on any atom is 0.251 e. The Morgan fingerprint density at radius 1 is 0.947 bits per heavy atom. The molecule has 2 amide bonds. The molecule has 0 saturated carbocycles. The van der Waals surface area contributed by atoms with Crippen LogP contribution in [-0.4, -0.2) is 35.1 Å². The molecule has 0 bridgehead atoms. The number of nitrogens with one attached hydrogen (secondary N) is 2. The third-order valence-electron chi connectivity index (χ3n) is 8.85. The van der Waals surface area contributed by atoms with Gasteiger partial charge in [0, 0.05) is 38.6 Å². The van der Waals surface area contributed by atoms with Gasteiger partial charge < -0.3 is 10.6 Å². The molecule has 3 aromatic rings. The molecule has 2 fully saturated rings. The molecule has 38 heavy (non-hydrogen) atoms. The number of rotatable bonds is 2. The molecular weight excluding hydrogens is 545 g/mol. The van der Waals surface area contributed by atoms with Gasteiger partial charge in [-0.1, -0.05) is 53.0 Å². The van der Waals surface area contributed by atoms with Crippen molar-refractivity contribution in [3.8, 4) is 0 Å². The first-order chi connectivity index (χ1) is 18.2. The van der Waals surface area contributed by atoms with E-state index in [0.717, 1.165) is 12.0 Å². The van der Waals surface area contributed by atoms with Crippen LogP contribution in [0.2, 0.25) is 15.1 Å². The largest absolute Gasteiger partial charge is 0.325 e. The van der Waals surface area contributed by atoms with E-state index >= 15 is 0 Å². The van der Waals surface area contributed by atoms with Gasteiger partial charge in [0.05, 0.1) is 10.9 Å². The molecule has 2 saturated heterocycles. The number of benzene rings is 3.